The molecule has 0 atom stereocenters. The molecule has 0 aromatic heterocycles. The SMILES string of the molecule is COc1cccc(OC)c1OCCOc1cccc(Br)c1. The maximum absolute atomic E-state index is 5.72. The Labute approximate surface area is 132 Å². The van der Waals surface area contributed by atoms with Crippen LogP contribution in [0.25, 0.3) is 0 Å². The Balaban J connectivity index is 1.91. The Morgan fingerprint density at radius 3 is 2.10 bits per heavy atom. The molecule has 0 unspecified atom stereocenters. The summed E-state index contributed by atoms with van der Waals surface area (Å²) in [7, 11) is 3.19. The smallest absolute Gasteiger partial charge is 0.203 e. The van der Waals surface area contributed by atoms with E-state index in [0.717, 1.165) is 10.2 Å². The van der Waals surface area contributed by atoms with Crippen LogP contribution in [0.1, 0.15) is 0 Å². The first-order valence-corrected chi connectivity index (χ1v) is 7.26. The van der Waals surface area contributed by atoms with E-state index < -0.39 is 0 Å². The Morgan fingerprint density at radius 2 is 1.48 bits per heavy atom. The standard InChI is InChI=1S/C16H17BrO4/c1-18-14-7-4-8-15(19-2)16(14)21-10-9-20-13-6-3-5-12(17)11-13/h3-8,11H,9-10H2,1-2H3. The van der Waals surface area contributed by atoms with E-state index in [0.29, 0.717) is 30.5 Å². The van der Waals surface area contributed by atoms with Crippen molar-refractivity contribution in [2.45, 2.75) is 0 Å². The summed E-state index contributed by atoms with van der Waals surface area (Å²) in [5.41, 5.74) is 0. The van der Waals surface area contributed by atoms with Crippen molar-refractivity contribution in [3.63, 3.8) is 0 Å². The Hall–Kier alpha value is -1.88. The van der Waals surface area contributed by atoms with Crippen LogP contribution in [-0.4, -0.2) is 27.4 Å². The van der Waals surface area contributed by atoms with Crippen molar-refractivity contribution in [2.24, 2.45) is 0 Å². The number of hydrogen-bond donors (Lipinski definition) is 0. The molecule has 0 fully saturated rings. The second kappa shape index (κ2) is 7.78. The van der Waals surface area contributed by atoms with Gasteiger partial charge >= 0.3 is 0 Å². The van der Waals surface area contributed by atoms with Gasteiger partial charge < -0.3 is 18.9 Å². The highest BCUT2D eigenvalue weighted by atomic mass is 79.9. The van der Waals surface area contributed by atoms with Gasteiger partial charge in [-0.3, -0.25) is 0 Å². The van der Waals surface area contributed by atoms with Crippen LogP contribution in [0.15, 0.2) is 46.9 Å². The van der Waals surface area contributed by atoms with E-state index in [1.54, 1.807) is 14.2 Å². The zero-order valence-electron chi connectivity index (χ0n) is 12.0. The molecule has 4 nitrogen and oxygen atoms in total. The van der Waals surface area contributed by atoms with Gasteiger partial charge in [0.05, 0.1) is 14.2 Å². The molecule has 112 valence electrons. The molecule has 2 aromatic rings. The molecule has 0 aliphatic heterocycles. The Bertz CT molecular complexity index is 564. The highest BCUT2D eigenvalue weighted by Gasteiger charge is 2.10. The number of halogens is 1. The molecule has 0 N–H and O–H groups in total. The average molecular weight is 353 g/mol. The summed E-state index contributed by atoms with van der Waals surface area (Å²) in [5, 5.41) is 0. The van der Waals surface area contributed by atoms with Crippen molar-refractivity contribution in [3.8, 4) is 23.0 Å². The van der Waals surface area contributed by atoms with Crippen molar-refractivity contribution in [2.75, 3.05) is 27.4 Å². The molecule has 2 rings (SSSR count). The van der Waals surface area contributed by atoms with E-state index in [1.165, 1.54) is 0 Å². The van der Waals surface area contributed by atoms with Crippen molar-refractivity contribution >= 4 is 15.9 Å². The van der Waals surface area contributed by atoms with Crippen LogP contribution in [0, 0.1) is 0 Å². The van der Waals surface area contributed by atoms with E-state index in [2.05, 4.69) is 15.9 Å². The topological polar surface area (TPSA) is 36.9 Å². The summed E-state index contributed by atoms with van der Waals surface area (Å²) in [6, 6.07) is 13.2. The first-order chi connectivity index (χ1) is 10.2. The molecule has 2 aromatic carbocycles. The molecule has 0 heterocycles. The van der Waals surface area contributed by atoms with E-state index in [4.69, 9.17) is 18.9 Å². The fourth-order valence-corrected chi connectivity index (χ4v) is 2.20. The summed E-state index contributed by atoms with van der Waals surface area (Å²) in [6.07, 6.45) is 0. The third-order valence-electron chi connectivity index (χ3n) is 2.78. The molecule has 0 amide bonds. The van der Waals surface area contributed by atoms with Crippen LogP contribution in [-0.2, 0) is 0 Å². The van der Waals surface area contributed by atoms with Crippen LogP contribution in [0.4, 0.5) is 0 Å². The number of rotatable bonds is 7. The number of methoxy groups -OCH3 is 2. The van der Waals surface area contributed by atoms with Gasteiger partial charge in [0.15, 0.2) is 11.5 Å². The largest absolute Gasteiger partial charge is 0.493 e. The van der Waals surface area contributed by atoms with Gasteiger partial charge in [-0.1, -0.05) is 28.1 Å². The fraction of sp³-hybridized carbons (Fsp3) is 0.250. The van der Waals surface area contributed by atoms with Gasteiger partial charge in [0, 0.05) is 4.47 Å². The molecule has 0 saturated heterocycles. The van der Waals surface area contributed by atoms with Crippen LogP contribution >= 0.6 is 15.9 Å². The van der Waals surface area contributed by atoms with Crippen molar-refractivity contribution in [3.05, 3.63) is 46.9 Å². The summed E-state index contributed by atoms with van der Waals surface area (Å²) >= 11 is 3.40. The molecule has 0 aliphatic carbocycles. The minimum absolute atomic E-state index is 0.392. The molecule has 0 spiro atoms. The van der Waals surface area contributed by atoms with Crippen molar-refractivity contribution in [1.29, 1.82) is 0 Å². The van der Waals surface area contributed by atoms with Crippen molar-refractivity contribution < 1.29 is 18.9 Å². The van der Waals surface area contributed by atoms with Gasteiger partial charge in [-0.2, -0.15) is 0 Å². The normalized spacial score (nSPS) is 10.0. The lowest BCUT2D eigenvalue weighted by Gasteiger charge is -2.14. The third-order valence-corrected chi connectivity index (χ3v) is 3.27. The highest BCUT2D eigenvalue weighted by molar-refractivity contribution is 9.10. The molecular weight excluding hydrogens is 336 g/mol. The lowest BCUT2D eigenvalue weighted by atomic mass is 10.3. The molecule has 0 saturated carbocycles. The Morgan fingerprint density at radius 1 is 0.857 bits per heavy atom. The Kier molecular flexibility index (Phi) is 5.75. The van der Waals surface area contributed by atoms with Crippen LogP contribution < -0.4 is 18.9 Å². The van der Waals surface area contributed by atoms with Gasteiger partial charge in [0.25, 0.3) is 0 Å². The number of ether oxygens (including phenoxy) is 4. The monoisotopic (exact) mass is 352 g/mol. The molecule has 5 heteroatoms. The minimum atomic E-state index is 0.392. The van der Waals surface area contributed by atoms with Gasteiger partial charge in [-0.15, -0.1) is 0 Å². The maximum atomic E-state index is 5.72. The number of para-hydroxylation sites is 1. The second-order valence-corrected chi connectivity index (χ2v) is 5.06. The summed E-state index contributed by atoms with van der Waals surface area (Å²) in [4.78, 5) is 0. The quantitative estimate of drug-likeness (QED) is 0.707. The van der Waals surface area contributed by atoms with Crippen LogP contribution in [0.5, 0.6) is 23.0 Å². The zero-order valence-corrected chi connectivity index (χ0v) is 13.6. The maximum Gasteiger partial charge on any atom is 0.203 e. The minimum Gasteiger partial charge on any atom is -0.493 e. The summed E-state index contributed by atoms with van der Waals surface area (Å²) in [5.74, 6) is 2.65. The predicted molar refractivity (Wildman–Crippen MR) is 84.7 cm³/mol. The van der Waals surface area contributed by atoms with Crippen LogP contribution in [0.3, 0.4) is 0 Å². The average Bonchev–Trinajstić information content (AvgIpc) is 2.51. The molecular formula is C16H17BrO4. The fourth-order valence-electron chi connectivity index (χ4n) is 1.82. The molecule has 0 radical (unpaired) electrons. The molecule has 0 bridgehead atoms. The molecule has 0 aliphatic rings. The summed E-state index contributed by atoms with van der Waals surface area (Å²) in [6.45, 7) is 0.820. The first-order valence-electron chi connectivity index (χ1n) is 6.46. The van der Waals surface area contributed by atoms with E-state index in [9.17, 15) is 0 Å². The van der Waals surface area contributed by atoms with E-state index >= 15 is 0 Å². The first kappa shape index (κ1) is 15.5. The second-order valence-electron chi connectivity index (χ2n) is 4.15. The number of hydrogen-bond acceptors (Lipinski definition) is 4. The van der Waals surface area contributed by atoms with Gasteiger partial charge in [0.2, 0.25) is 5.75 Å². The van der Waals surface area contributed by atoms with Gasteiger partial charge in [-0.05, 0) is 30.3 Å². The predicted octanol–water partition coefficient (Wildman–Crippen LogP) is 3.92. The van der Waals surface area contributed by atoms with Crippen molar-refractivity contribution in [1.82, 2.24) is 0 Å². The third kappa shape index (κ3) is 4.29. The highest BCUT2D eigenvalue weighted by Crippen LogP contribution is 2.36. The zero-order chi connectivity index (χ0) is 15.1. The van der Waals surface area contributed by atoms with Crippen LogP contribution in [0.2, 0.25) is 0 Å². The lowest BCUT2D eigenvalue weighted by Crippen LogP contribution is -2.10. The summed E-state index contributed by atoms with van der Waals surface area (Å²) < 4.78 is 22.8. The van der Waals surface area contributed by atoms with Gasteiger partial charge in [0.1, 0.15) is 19.0 Å². The van der Waals surface area contributed by atoms with Gasteiger partial charge in [-0.25, -0.2) is 0 Å². The lowest BCUT2D eigenvalue weighted by molar-refractivity contribution is 0.205. The van der Waals surface area contributed by atoms with E-state index in [-0.39, 0.29) is 0 Å². The number of benzene rings is 2. The molecule has 21 heavy (non-hydrogen) atoms. The van der Waals surface area contributed by atoms with E-state index in [1.807, 2.05) is 42.5 Å².